The molecule has 1 aliphatic heterocycles. The minimum atomic E-state index is -0.187. The molecule has 3 rings (SSSR count). The minimum Gasteiger partial charge on any atom is -0.341 e. The molecule has 0 aliphatic carbocycles. The van der Waals surface area contributed by atoms with Gasteiger partial charge in [-0.05, 0) is 50.8 Å². The number of benzene rings is 1. The number of rotatable bonds is 3. The van der Waals surface area contributed by atoms with Gasteiger partial charge in [0.2, 0.25) is 5.95 Å². The van der Waals surface area contributed by atoms with Crippen LogP contribution in [0.3, 0.4) is 0 Å². The van der Waals surface area contributed by atoms with Crippen molar-refractivity contribution >= 4 is 17.5 Å². The molecule has 0 bridgehead atoms. The van der Waals surface area contributed by atoms with Gasteiger partial charge >= 0.3 is 0 Å². The summed E-state index contributed by atoms with van der Waals surface area (Å²) in [5.74, 6) is 0.475. The van der Waals surface area contributed by atoms with E-state index in [1.54, 1.807) is 6.07 Å². The van der Waals surface area contributed by atoms with Gasteiger partial charge in [0, 0.05) is 24.5 Å². The van der Waals surface area contributed by atoms with Crippen LogP contribution >= 0.6 is 0 Å². The van der Waals surface area contributed by atoms with Crippen LogP contribution in [0.15, 0.2) is 24.3 Å². The van der Waals surface area contributed by atoms with Gasteiger partial charge in [0.25, 0.3) is 5.91 Å². The minimum absolute atomic E-state index is 0.187. The van der Waals surface area contributed by atoms with Crippen molar-refractivity contribution in [1.29, 1.82) is 0 Å². The highest BCUT2D eigenvalue weighted by atomic mass is 16.1. The summed E-state index contributed by atoms with van der Waals surface area (Å²) in [4.78, 5) is 23.7. The summed E-state index contributed by atoms with van der Waals surface area (Å²) in [5, 5.41) is 2.99. The molecular weight excluding hydrogens is 288 g/mol. The van der Waals surface area contributed by atoms with Crippen molar-refractivity contribution in [2.75, 3.05) is 23.3 Å². The van der Waals surface area contributed by atoms with Crippen LogP contribution in [0.2, 0.25) is 0 Å². The Morgan fingerprint density at radius 1 is 1.09 bits per heavy atom. The summed E-state index contributed by atoms with van der Waals surface area (Å²) in [5.41, 5.74) is 4.18. The first-order valence-corrected chi connectivity index (χ1v) is 8.03. The number of para-hydroxylation sites is 1. The second-order valence-electron chi connectivity index (χ2n) is 6.11. The molecular formula is C18H22N4O. The van der Waals surface area contributed by atoms with Crippen LogP contribution in [0.25, 0.3) is 0 Å². The van der Waals surface area contributed by atoms with Crippen molar-refractivity contribution < 1.29 is 4.79 Å². The second-order valence-corrected chi connectivity index (χ2v) is 6.11. The van der Waals surface area contributed by atoms with Crippen LogP contribution < -0.4 is 10.2 Å². The van der Waals surface area contributed by atoms with Crippen molar-refractivity contribution in [2.24, 2.45) is 0 Å². The maximum absolute atomic E-state index is 12.6. The van der Waals surface area contributed by atoms with Crippen molar-refractivity contribution in [3.8, 4) is 0 Å². The fourth-order valence-electron chi connectivity index (χ4n) is 2.92. The van der Waals surface area contributed by atoms with Crippen molar-refractivity contribution in [1.82, 2.24) is 9.97 Å². The molecule has 120 valence electrons. The average Bonchev–Trinajstić information content (AvgIpc) is 3.04. The molecule has 5 nitrogen and oxygen atoms in total. The molecule has 1 N–H and O–H groups in total. The molecule has 0 atom stereocenters. The van der Waals surface area contributed by atoms with E-state index in [4.69, 9.17) is 0 Å². The van der Waals surface area contributed by atoms with E-state index >= 15 is 0 Å². The van der Waals surface area contributed by atoms with Gasteiger partial charge in [-0.2, -0.15) is 0 Å². The number of amides is 1. The molecule has 1 aromatic heterocycles. The Kier molecular flexibility index (Phi) is 4.28. The van der Waals surface area contributed by atoms with E-state index in [0.717, 1.165) is 48.4 Å². The number of carbonyl (C=O) groups is 1. The SMILES string of the molecule is Cc1cc(C(=O)Nc2c(C)cccc2C)nc(N2CCCC2)n1. The predicted molar refractivity (Wildman–Crippen MR) is 92.1 cm³/mol. The van der Waals surface area contributed by atoms with Crippen LogP contribution in [0.4, 0.5) is 11.6 Å². The van der Waals surface area contributed by atoms with E-state index in [2.05, 4.69) is 20.2 Å². The van der Waals surface area contributed by atoms with Gasteiger partial charge in [-0.15, -0.1) is 0 Å². The number of hydrogen-bond donors (Lipinski definition) is 1. The van der Waals surface area contributed by atoms with Gasteiger partial charge in [0.05, 0.1) is 0 Å². The number of aromatic nitrogens is 2. The number of aryl methyl sites for hydroxylation is 3. The second kappa shape index (κ2) is 6.36. The molecule has 2 heterocycles. The van der Waals surface area contributed by atoms with E-state index in [9.17, 15) is 4.79 Å². The van der Waals surface area contributed by atoms with Crippen LogP contribution in [0.5, 0.6) is 0 Å². The Balaban J connectivity index is 1.87. The fraction of sp³-hybridized carbons (Fsp3) is 0.389. The molecule has 1 fully saturated rings. The van der Waals surface area contributed by atoms with Gasteiger partial charge < -0.3 is 10.2 Å². The summed E-state index contributed by atoms with van der Waals surface area (Å²) in [6.45, 7) is 7.80. The lowest BCUT2D eigenvalue weighted by Crippen LogP contribution is -2.23. The predicted octanol–water partition coefficient (Wildman–Crippen LogP) is 3.25. The smallest absolute Gasteiger partial charge is 0.274 e. The molecule has 5 heteroatoms. The Hall–Kier alpha value is -2.43. The molecule has 0 unspecified atom stereocenters. The highest BCUT2D eigenvalue weighted by molar-refractivity contribution is 6.03. The van der Waals surface area contributed by atoms with E-state index < -0.39 is 0 Å². The van der Waals surface area contributed by atoms with E-state index in [-0.39, 0.29) is 5.91 Å². The first kappa shape index (κ1) is 15.5. The Morgan fingerprint density at radius 2 is 1.74 bits per heavy atom. The largest absolute Gasteiger partial charge is 0.341 e. The van der Waals surface area contributed by atoms with Gasteiger partial charge in [-0.25, -0.2) is 9.97 Å². The third-order valence-electron chi connectivity index (χ3n) is 4.18. The van der Waals surface area contributed by atoms with Crippen LogP contribution in [0, 0.1) is 20.8 Å². The third-order valence-corrected chi connectivity index (χ3v) is 4.18. The monoisotopic (exact) mass is 310 g/mol. The summed E-state index contributed by atoms with van der Waals surface area (Å²) < 4.78 is 0. The normalized spacial score (nSPS) is 14.1. The van der Waals surface area contributed by atoms with Crippen molar-refractivity contribution in [3.63, 3.8) is 0 Å². The van der Waals surface area contributed by atoms with E-state index in [0.29, 0.717) is 11.6 Å². The summed E-state index contributed by atoms with van der Waals surface area (Å²) in [7, 11) is 0. The van der Waals surface area contributed by atoms with Crippen LogP contribution in [0.1, 0.15) is 40.2 Å². The molecule has 23 heavy (non-hydrogen) atoms. The topological polar surface area (TPSA) is 58.1 Å². The maximum atomic E-state index is 12.6. The van der Waals surface area contributed by atoms with E-state index in [1.807, 2.05) is 39.0 Å². The van der Waals surface area contributed by atoms with Gasteiger partial charge in [-0.1, -0.05) is 18.2 Å². The van der Waals surface area contributed by atoms with Gasteiger partial charge in [0.1, 0.15) is 5.69 Å². The zero-order valence-electron chi connectivity index (χ0n) is 13.9. The number of hydrogen-bond acceptors (Lipinski definition) is 4. The molecule has 0 radical (unpaired) electrons. The molecule has 1 amide bonds. The fourth-order valence-corrected chi connectivity index (χ4v) is 2.92. The molecule has 0 spiro atoms. The Labute approximate surface area is 136 Å². The molecule has 2 aromatic rings. The van der Waals surface area contributed by atoms with E-state index in [1.165, 1.54) is 0 Å². The summed E-state index contributed by atoms with van der Waals surface area (Å²) in [6.07, 6.45) is 2.31. The number of carbonyl (C=O) groups excluding carboxylic acids is 1. The third kappa shape index (κ3) is 3.33. The van der Waals surface area contributed by atoms with Gasteiger partial charge in [-0.3, -0.25) is 4.79 Å². The molecule has 1 aromatic carbocycles. The summed E-state index contributed by atoms with van der Waals surface area (Å²) in [6, 6.07) is 7.70. The number of nitrogens with zero attached hydrogens (tertiary/aromatic N) is 3. The molecule has 1 saturated heterocycles. The lowest BCUT2D eigenvalue weighted by molar-refractivity contribution is 0.102. The van der Waals surface area contributed by atoms with Gasteiger partial charge in [0.15, 0.2) is 0 Å². The summed E-state index contributed by atoms with van der Waals surface area (Å²) >= 11 is 0. The first-order chi connectivity index (χ1) is 11.0. The lowest BCUT2D eigenvalue weighted by atomic mass is 10.1. The maximum Gasteiger partial charge on any atom is 0.274 e. The van der Waals surface area contributed by atoms with Crippen molar-refractivity contribution in [2.45, 2.75) is 33.6 Å². The molecule has 1 aliphatic rings. The lowest BCUT2D eigenvalue weighted by Gasteiger charge is -2.17. The van der Waals surface area contributed by atoms with Crippen LogP contribution in [-0.4, -0.2) is 29.0 Å². The van der Waals surface area contributed by atoms with Crippen molar-refractivity contribution in [3.05, 3.63) is 46.8 Å². The highest BCUT2D eigenvalue weighted by Crippen LogP contribution is 2.21. The average molecular weight is 310 g/mol. The zero-order chi connectivity index (χ0) is 16.4. The first-order valence-electron chi connectivity index (χ1n) is 8.03. The Morgan fingerprint density at radius 3 is 2.39 bits per heavy atom. The highest BCUT2D eigenvalue weighted by Gasteiger charge is 2.18. The standard InChI is InChI=1S/C18H22N4O/c1-12-7-6-8-13(2)16(12)21-17(23)15-11-14(3)19-18(20-15)22-9-4-5-10-22/h6-8,11H,4-5,9-10H2,1-3H3,(H,21,23). The number of anilines is 2. The quantitative estimate of drug-likeness (QED) is 0.945. The Bertz CT molecular complexity index is 716. The van der Waals surface area contributed by atoms with Crippen LogP contribution in [-0.2, 0) is 0 Å². The molecule has 0 saturated carbocycles. The number of nitrogens with one attached hydrogen (secondary N) is 1. The zero-order valence-corrected chi connectivity index (χ0v) is 13.9.